The fraction of sp³-hybridized carbons (Fsp3) is 0.333. The number of carbonyl (C=O) groups is 2. The molecule has 1 N–H and O–H groups in total. The fourth-order valence-corrected chi connectivity index (χ4v) is 4.24. The van der Waals surface area contributed by atoms with Gasteiger partial charge in [0.05, 0.1) is 16.7 Å². The molecule has 0 saturated heterocycles. The SMILES string of the molecule is CC(C)(C)NC(=O)[C@@H](Cc1ccccc1)N(Cc1ccc(Cl)c(Cl)c1)C(=O)CCCOc1ccccc1. The monoisotopic (exact) mass is 540 g/mol. The van der Waals surface area contributed by atoms with Crippen molar-refractivity contribution in [3.05, 3.63) is 100 Å². The van der Waals surface area contributed by atoms with Crippen LogP contribution in [0.4, 0.5) is 0 Å². The van der Waals surface area contributed by atoms with Crippen molar-refractivity contribution in [2.75, 3.05) is 6.61 Å². The second-order valence-electron chi connectivity index (χ2n) is 9.98. The van der Waals surface area contributed by atoms with Crippen LogP contribution in [-0.4, -0.2) is 34.9 Å². The summed E-state index contributed by atoms with van der Waals surface area (Å²) in [6, 6.07) is 23.8. The first kappa shape index (κ1) is 28.5. The second kappa shape index (κ2) is 13.5. The number of halogens is 2. The lowest BCUT2D eigenvalue weighted by molar-refractivity contribution is -0.142. The van der Waals surface area contributed by atoms with Crippen molar-refractivity contribution in [3.8, 4) is 5.75 Å². The number of carbonyl (C=O) groups excluding carboxylic acids is 2. The van der Waals surface area contributed by atoms with Gasteiger partial charge in [0, 0.05) is 24.9 Å². The molecule has 0 heterocycles. The van der Waals surface area contributed by atoms with E-state index in [1.54, 1.807) is 17.0 Å². The van der Waals surface area contributed by atoms with E-state index >= 15 is 0 Å². The zero-order valence-corrected chi connectivity index (χ0v) is 23.1. The Morgan fingerprint density at radius 1 is 0.892 bits per heavy atom. The molecule has 3 rings (SSSR count). The van der Waals surface area contributed by atoms with Crippen LogP contribution in [-0.2, 0) is 22.6 Å². The smallest absolute Gasteiger partial charge is 0.243 e. The number of nitrogens with one attached hydrogen (secondary N) is 1. The summed E-state index contributed by atoms with van der Waals surface area (Å²) >= 11 is 12.4. The molecule has 37 heavy (non-hydrogen) atoms. The van der Waals surface area contributed by atoms with Crippen molar-refractivity contribution < 1.29 is 14.3 Å². The highest BCUT2D eigenvalue weighted by Gasteiger charge is 2.32. The lowest BCUT2D eigenvalue weighted by Crippen LogP contribution is -2.54. The number of para-hydroxylation sites is 1. The van der Waals surface area contributed by atoms with Gasteiger partial charge in [0.15, 0.2) is 0 Å². The molecule has 0 aliphatic rings. The molecular formula is C30H34Cl2N2O3. The van der Waals surface area contributed by atoms with Crippen molar-refractivity contribution in [1.82, 2.24) is 10.2 Å². The molecule has 3 aromatic carbocycles. The van der Waals surface area contributed by atoms with E-state index in [4.69, 9.17) is 27.9 Å². The molecule has 2 amide bonds. The number of ether oxygens (including phenoxy) is 1. The maximum Gasteiger partial charge on any atom is 0.243 e. The molecule has 0 bridgehead atoms. The molecule has 5 nitrogen and oxygen atoms in total. The topological polar surface area (TPSA) is 58.6 Å². The van der Waals surface area contributed by atoms with Crippen LogP contribution >= 0.6 is 23.2 Å². The van der Waals surface area contributed by atoms with Gasteiger partial charge >= 0.3 is 0 Å². The lowest BCUT2D eigenvalue weighted by atomic mass is 10.00. The van der Waals surface area contributed by atoms with E-state index in [-0.39, 0.29) is 24.8 Å². The normalized spacial score (nSPS) is 12.0. The minimum absolute atomic E-state index is 0.132. The standard InChI is InChI=1S/C30H34Cl2N2O3/c1-30(2,3)33-29(36)27(20-22-11-6-4-7-12-22)34(21-23-16-17-25(31)26(32)19-23)28(35)15-10-18-37-24-13-8-5-9-14-24/h4-9,11-14,16-17,19,27H,10,15,18,20-21H2,1-3H3,(H,33,36)/t27-/m1/s1. The summed E-state index contributed by atoms with van der Waals surface area (Å²) in [7, 11) is 0. The molecule has 0 radical (unpaired) electrons. The molecule has 0 spiro atoms. The van der Waals surface area contributed by atoms with Gasteiger partial charge in [-0.3, -0.25) is 9.59 Å². The molecule has 0 unspecified atom stereocenters. The van der Waals surface area contributed by atoms with Gasteiger partial charge in [-0.05, 0) is 62.6 Å². The summed E-state index contributed by atoms with van der Waals surface area (Å²) in [6.07, 6.45) is 1.14. The Kier molecular flexibility index (Phi) is 10.4. The average Bonchev–Trinajstić information content (AvgIpc) is 2.86. The van der Waals surface area contributed by atoms with E-state index in [1.165, 1.54) is 0 Å². The number of hydrogen-bond acceptors (Lipinski definition) is 3. The number of rotatable bonds is 11. The predicted octanol–water partition coefficient (Wildman–Crippen LogP) is 6.71. The molecule has 0 saturated carbocycles. The Balaban J connectivity index is 1.84. The number of hydrogen-bond donors (Lipinski definition) is 1. The summed E-state index contributed by atoms with van der Waals surface area (Å²) in [4.78, 5) is 28.9. The number of nitrogens with zero attached hydrogens (tertiary/aromatic N) is 1. The second-order valence-corrected chi connectivity index (χ2v) is 10.8. The molecular weight excluding hydrogens is 507 g/mol. The summed E-state index contributed by atoms with van der Waals surface area (Å²) in [5.41, 5.74) is 1.31. The van der Waals surface area contributed by atoms with E-state index in [0.29, 0.717) is 29.5 Å². The number of amides is 2. The van der Waals surface area contributed by atoms with E-state index in [9.17, 15) is 9.59 Å². The Bertz CT molecular complexity index is 1160. The minimum Gasteiger partial charge on any atom is -0.494 e. The third kappa shape index (κ3) is 9.42. The van der Waals surface area contributed by atoms with E-state index in [0.717, 1.165) is 16.9 Å². The first-order valence-electron chi connectivity index (χ1n) is 12.4. The minimum atomic E-state index is -0.710. The third-order valence-corrected chi connectivity index (χ3v) is 6.39. The van der Waals surface area contributed by atoms with Crippen LogP contribution in [0, 0.1) is 0 Å². The van der Waals surface area contributed by atoms with Crippen molar-refractivity contribution in [2.24, 2.45) is 0 Å². The third-order valence-electron chi connectivity index (χ3n) is 5.65. The van der Waals surface area contributed by atoms with Crippen molar-refractivity contribution in [2.45, 2.75) is 58.2 Å². The fourth-order valence-electron chi connectivity index (χ4n) is 3.92. The van der Waals surface area contributed by atoms with E-state index in [1.807, 2.05) is 87.5 Å². The van der Waals surface area contributed by atoms with Crippen LogP contribution in [0.3, 0.4) is 0 Å². The van der Waals surface area contributed by atoms with E-state index in [2.05, 4.69) is 5.32 Å². The van der Waals surface area contributed by atoms with Crippen LogP contribution in [0.5, 0.6) is 5.75 Å². The predicted molar refractivity (Wildman–Crippen MR) is 150 cm³/mol. The van der Waals surface area contributed by atoms with Crippen LogP contribution in [0.25, 0.3) is 0 Å². The highest BCUT2D eigenvalue weighted by atomic mass is 35.5. The maximum absolute atomic E-state index is 13.6. The summed E-state index contributed by atoms with van der Waals surface area (Å²) < 4.78 is 5.77. The molecule has 7 heteroatoms. The Labute approximate surface area is 229 Å². The first-order chi connectivity index (χ1) is 17.6. The Morgan fingerprint density at radius 3 is 2.16 bits per heavy atom. The Morgan fingerprint density at radius 2 is 1.54 bits per heavy atom. The zero-order chi connectivity index (χ0) is 26.8. The van der Waals surface area contributed by atoms with Crippen LogP contribution in [0.1, 0.15) is 44.7 Å². The first-order valence-corrected chi connectivity index (χ1v) is 13.1. The highest BCUT2D eigenvalue weighted by molar-refractivity contribution is 6.42. The molecule has 0 fully saturated rings. The quantitative estimate of drug-likeness (QED) is 0.275. The van der Waals surface area contributed by atoms with Gasteiger partial charge in [-0.25, -0.2) is 0 Å². The molecule has 3 aromatic rings. The van der Waals surface area contributed by atoms with Crippen molar-refractivity contribution in [1.29, 1.82) is 0 Å². The average molecular weight is 542 g/mol. The van der Waals surface area contributed by atoms with Gasteiger partial charge in [0.1, 0.15) is 11.8 Å². The molecule has 0 aromatic heterocycles. The maximum atomic E-state index is 13.6. The van der Waals surface area contributed by atoms with Crippen LogP contribution in [0.2, 0.25) is 10.0 Å². The van der Waals surface area contributed by atoms with Gasteiger partial charge in [-0.2, -0.15) is 0 Å². The van der Waals surface area contributed by atoms with Crippen LogP contribution in [0.15, 0.2) is 78.9 Å². The van der Waals surface area contributed by atoms with Gasteiger partial charge in [-0.1, -0.05) is 77.8 Å². The van der Waals surface area contributed by atoms with E-state index < -0.39 is 11.6 Å². The summed E-state index contributed by atoms with van der Waals surface area (Å²) in [5.74, 6) is 0.423. The molecule has 0 aliphatic heterocycles. The van der Waals surface area contributed by atoms with Gasteiger partial charge in [0.2, 0.25) is 11.8 Å². The Hall–Kier alpha value is -3.02. The highest BCUT2D eigenvalue weighted by Crippen LogP contribution is 2.25. The number of benzene rings is 3. The lowest BCUT2D eigenvalue weighted by Gasteiger charge is -2.34. The molecule has 0 aliphatic carbocycles. The zero-order valence-electron chi connectivity index (χ0n) is 21.5. The van der Waals surface area contributed by atoms with Crippen LogP contribution < -0.4 is 10.1 Å². The van der Waals surface area contributed by atoms with Gasteiger partial charge in [-0.15, -0.1) is 0 Å². The summed E-state index contributed by atoms with van der Waals surface area (Å²) in [6.45, 7) is 6.40. The molecule has 196 valence electrons. The largest absolute Gasteiger partial charge is 0.494 e. The van der Waals surface area contributed by atoms with Crippen molar-refractivity contribution in [3.63, 3.8) is 0 Å². The van der Waals surface area contributed by atoms with Gasteiger partial charge < -0.3 is 15.0 Å². The molecule has 1 atom stereocenters. The summed E-state index contributed by atoms with van der Waals surface area (Å²) in [5, 5.41) is 3.91. The van der Waals surface area contributed by atoms with Crippen molar-refractivity contribution >= 4 is 35.0 Å². The van der Waals surface area contributed by atoms with Gasteiger partial charge in [0.25, 0.3) is 0 Å².